The standard InChI is InChI=1S/C17H18F3NS/c1-10(2)13-5-7-14(8-6-13)22-15-11(3)9-21-16(12(15)4)17(18,19)20/h5-10H,1-4H3. The van der Waals surface area contributed by atoms with Gasteiger partial charge in [-0.2, -0.15) is 13.2 Å². The number of benzene rings is 1. The van der Waals surface area contributed by atoms with Crippen LogP contribution in [0.25, 0.3) is 0 Å². The molecule has 2 aromatic rings. The first kappa shape index (κ1) is 16.9. The largest absolute Gasteiger partial charge is 0.433 e. The van der Waals surface area contributed by atoms with Gasteiger partial charge in [-0.05, 0) is 48.6 Å². The van der Waals surface area contributed by atoms with Gasteiger partial charge in [-0.1, -0.05) is 37.7 Å². The Morgan fingerprint density at radius 1 is 1.05 bits per heavy atom. The molecule has 0 spiro atoms. The van der Waals surface area contributed by atoms with Crippen LogP contribution >= 0.6 is 11.8 Å². The highest BCUT2D eigenvalue weighted by Crippen LogP contribution is 2.38. The van der Waals surface area contributed by atoms with Gasteiger partial charge in [0, 0.05) is 16.0 Å². The average Bonchev–Trinajstić information content (AvgIpc) is 2.42. The van der Waals surface area contributed by atoms with E-state index in [0.29, 0.717) is 10.8 Å². The highest BCUT2D eigenvalue weighted by molar-refractivity contribution is 7.99. The number of rotatable bonds is 3. The van der Waals surface area contributed by atoms with Crippen LogP contribution in [0.1, 0.15) is 42.1 Å². The zero-order valence-corrected chi connectivity index (χ0v) is 13.8. The van der Waals surface area contributed by atoms with Crippen LogP contribution in [0.4, 0.5) is 13.2 Å². The Bertz CT molecular complexity index is 661. The Morgan fingerprint density at radius 3 is 2.14 bits per heavy atom. The van der Waals surface area contributed by atoms with Crippen LogP contribution in [-0.4, -0.2) is 4.98 Å². The van der Waals surface area contributed by atoms with Gasteiger partial charge in [0.2, 0.25) is 0 Å². The molecular weight excluding hydrogens is 307 g/mol. The van der Waals surface area contributed by atoms with Crippen LogP contribution in [0, 0.1) is 13.8 Å². The van der Waals surface area contributed by atoms with E-state index < -0.39 is 11.9 Å². The summed E-state index contributed by atoms with van der Waals surface area (Å²) in [5.74, 6) is 0.431. The summed E-state index contributed by atoms with van der Waals surface area (Å²) in [5.41, 5.74) is 1.34. The minimum Gasteiger partial charge on any atom is -0.251 e. The molecule has 0 aliphatic rings. The number of hydrogen-bond donors (Lipinski definition) is 0. The maximum atomic E-state index is 13.0. The van der Waals surface area contributed by atoms with E-state index in [0.717, 1.165) is 10.5 Å². The van der Waals surface area contributed by atoms with E-state index in [1.54, 1.807) is 6.92 Å². The van der Waals surface area contributed by atoms with Crippen molar-refractivity contribution in [2.24, 2.45) is 0 Å². The molecule has 1 aromatic carbocycles. The Labute approximate surface area is 133 Å². The van der Waals surface area contributed by atoms with Crippen molar-refractivity contribution in [3.05, 3.63) is 52.8 Å². The average molecular weight is 325 g/mol. The summed E-state index contributed by atoms with van der Waals surface area (Å²) in [7, 11) is 0. The molecule has 0 saturated carbocycles. The molecule has 0 fully saturated rings. The van der Waals surface area contributed by atoms with Crippen molar-refractivity contribution in [2.45, 2.75) is 49.6 Å². The van der Waals surface area contributed by atoms with Crippen LogP contribution in [-0.2, 0) is 6.18 Å². The van der Waals surface area contributed by atoms with Gasteiger partial charge in [0.1, 0.15) is 5.69 Å². The molecule has 0 bridgehead atoms. The van der Waals surface area contributed by atoms with Crippen molar-refractivity contribution in [3.8, 4) is 0 Å². The molecule has 1 nitrogen and oxygen atoms in total. The van der Waals surface area contributed by atoms with Gasteiger partial charge in [-0.15, -0.1) is 0 Å². The normalized spacial score (nSPS) is 12.0. The summed E-state index contributed by atoms with van der Waals surface area (Å²) in [5, 5.41) is 0. The Balaban J connectivity index is 2.37. The molecule has 5 heteroatoms. The van der Waals surface area contributed by atoms with E-state index in [2.05, 4.69) is 18.8 Å². The molecule has 0 unspecified atom stereocenters. The van der Waals surface area contributed by atoms with Crippen LogP contribution in [0.5, 0.6) is 0 Å². The number of nitrogens with zero attached hydrogens (tertiary/aromatic N) is 1. The van der Waals surface area contributed by atoms with E-state index in [4.69, 9.17) is 0 Å². The fraction of sp³-hybridized carbons (Fsp3) is 0.353. The van der Waals surface area contributed by atoms with Crippen LogP contribution < -0.4 is 0 Å². The predicted octanol–water partition coefficient (Wildman–Crippen LogP) is 5.99. The first-order valence-corrected chi connectivity index (χ1v) is 7.83. The van der Waals surface area contributed by atoms with Crippen molar-refractivity contribution >= 4 is 11.8 Å². The number of aromatic nitrogens is 1. The van der Waals surface area contributed by atoms with Crippen molar-refractivity contribution in [1.82, 2.24) is 4.98 Å². The third-order valence-corrected chi connectivity index (χ3v) is 4.82. The van der Waals surface area contributed by atoms with Gasteiger partial charge in [-0.25, -0.2) is 0 Å². The number of aryl methyl sites for hydroxylation is 1. The number of halogens is 3. The summed E-state index contributed by atoms with van der Waals surface area (Å²) in [6, 6.07) is 7.94. The second kappa shape index (κ2) is 6.32. The summed E-state index contributed by atoms with van der Waals surface area (Å²) < 4.78 is 38.9. The second-order valence-electron chi connectivity index (χ2n) is 5.57. The maximum Gasteiger partial charge on any atom is 0.433 e. The van der Waals surface area contributed by atoms with Crippen LogP contribution in [0.2, 0.25) is 0 Å². The van der Waals surface area contributed by atoms with Crippen LogP contribution in [0.15, 0.2) is 40.3 Å². The smallest absolute Gasteiger partial charge is 0.251 e. The van der Waals surface area contributed by atoms with Gasteiger partial charge in [0.05, 0.1) is 0 Å². The van der Waals surface area contributed by atoms with Crippen molar-refractivity contribution in [1.29, 1.82) is 0 Å². The van der Waals surface area contributed by atoms with Crippen molar-refractivity contribution in [2.75, 3.05) is 0 Å². The van der Waals surface area contributed by atoms with E-state index in [1.165, 1.54) is 30.4 Å². The lowest BCUT2D eigenvalue weighted by Gasteiger charge is -2.15. The van der Waals surface area contributed by atoms with Gasteiger partial charge < -0.3 is 0 Å². The van der Waals surface area contributed by atoms with Crippen LogP contribution in [0.3, 0.4) is 0 Å². The van der Waals surface area contributed by atoms with Gasteiger partial charge >= 0.3 is 6.18 Å². The molecule has 0 saturated heterocycles. The lowest BCUT2D eigenvalue weighted by molar-refractivity contribution is -0.141. The Hall–Kier alpha value is -1.49. The zero-order valence-electron chi connectivity index (χ0n) is 13.0. The first-order valence-electron chi connectivity index (χ1n) is 7.01. The van der Waals surface area contributed by atoms with E-state index in [1.807, 2.05) is 24.3 Å². The van der Waals surface area contributed by atoms with E-state index in [-0.39, 0.29) is 5.56 Å². The Kier molecular flexibility index (Phi) is 4.85. The third-order valence-electron chi connectivity index (χ3n) is 3.48. The quantitative estimate of drug-likeness (QED) is 0.687. The number of hydrogen-bond acceptors (Lipinski definition) is 2. The number of pyridine rings is 1. The minimum atomic E-state index is -4.42. The predicted molar refractivity (Wildman–Crippen MR) is 83.4 cm³/mol. The lowest BCUT2D eigenvalue weighted by Crippen LogP contribution is -2.11. The summed E-state index contributed by atoms with van der Waals surface area (Å²) in [4.78, 5) is 5.10. The first-order chi connectivity index (χ1) is 10.2. The van der Waals surface area contributed by atoms with Crippen molar-refractivity contribution in [3.63, 3.8) is 0 Å². The highest BCUT2D eigenvalue weighted by atomic mass is 32.2. The van der Waals surface area contributed by atoms with E-state index >= 15 is 0 Å². The molecule has 0 N–H and O–H groups in total. The molecule has 118 valence electrons. The second-order valence-corrected chi connectivity index (χ2v) is 6.65. The molecule has 1 heterocycles. The monoisotopic (exact) mass is 325 g/mol. The lowest BCUT2D eigenvalue weighted by atomic mass is 10.0. The molecule has 0 aliphatic heterocycles. The van der Waals surface area contributed by atoms with Gasteiger partial charge in [0.25, 0.3) is 0 Å². The highest BCUT2D eigenvalue weighted by Gasteiger charge is 2.35. The fourth-order valence-corrected chi connectivity index (χ4v) is 3.17. The molecule has 1 aromatic heterocycles. The third kappa shape index (κ3) is 3.64. The summed E-state index contributed by atoms with van der Waals surface area (Å²) >= 11 is 1.35. The van der Waals surface area contributed by atoms with Gasteiger partial charge in [0.15, 0.2) is 0 Å². The molecule has 22 heavy (non-hydrogen) atoms. The summed E-state index contributed by atoms with van der Waals surface area (Å²) in [6.07, 6.45) is -3.13. The van der Waals surface area contributed by atoms with E-state index in [9.17, 15) is 13.2 Å². The zero-order chi connectivity index (χ0) is 16.5. The molecule has 0 atom stereocenters. The van der Waals surface area contributed by atoms with Crippen molar-refractivity contribution < 1.29 is 13.2 Å². The maximum absolute atomic E-state index is 13.0. The van der Waals surface area contributed by atoms with Gasteiger partial charge in [-0.3, -0.25) is 4.98 Å². The number of alkyl halides is 3. The summed E-state index contributed by atoms with van der Waals surface area (Å²) in [6.45, 7) is 7.47. The molecular formula is C17H18F3NS. The molecule has 0 amide bonds. The molecule has 2 rings (SSSR count). The topological polar surface area (TPSA) is 12.9 Å². The SMILES string of the molecule is Cc1cnc(C(F)(F)F)c(C)c1Sc1ccc(C(C)C)cc1. The Morgan fingerprint density at radius 2 is 1.64 bits per heavy atom. The molecule has 0 radical (unpaired) electrons. The molecule has 0 aliphatic carbocycles. The fourth-order valence-electron chi connectivity index (χ4n) is 2.20. The minimum absolute atomic E-state index is 0.186.